The van der Waals surface area contributed by atoms with Crippen LogP contribution >= 0.6 is 0 Å². The molecule has 0 saturated carbocycles. The fourth-order valence-corrected chi connectivity index (χ4v) is 1.61. The highest BCUT2D eigenvalue weighted by atomic mass is 16.4. The smallest absolute Gasteiger partial charge is 0.325 e. The van der Waals surface area contributed by atoms with Crippen LogP contribution < -0.4 is 10.6 Å². The molecule has 1 heterocycles. The molecule has 0 bridgehead atoms. The molecular formula is C11H17N3O5. The summed E-state index contributed by atoms with van der Waals surface area (Å²) in [6.07, 6.45) is -0.132. The molecule has 3 N–H and O–H groups in total. The van der Waals surface area contributed by atoms with Crippen LogP contribution in [0.4, 0.5) is 4.79 Å². The first-order chi connectivity index (χ1) is 8.65. The third kappa shape index (κ3) is 3.43. The highest BCUT2D eigenvalue weighted by Crippen LogP contribution is 2.16. The normalized spacial score (nSPS) is 19.0. The molecule has 1 saturated heterocycles. The summed E-state index contributed by atoms with van der Waals surface area (Å²) in [6, 6.07) is -1.55. The lowest BCUT2D eigenvalue weighted by Gasteiger charge is -2.16. The number of amides is 4. The standard InChI is InChI=1S/C11H17N3O5/c1-6(8(16)17)12-7(15)4-5-14-9(18)11(2,3)13-10(14)19/h6H,4-5H2,1-3H3,(H,12,15)(H,13,19)(H,16,17). The lowest BCUT2D eigenvalue weighted by molar-refractivity contribution is -0.141. The van der Waals surface area contributed by atoms with E-state index in [1.165, 1.54) is 6.92 Å². The van der Waals surface area contributed by atoms with Crippen LogP contribution in [-0.2, 0) is 14.4 Å². The number of urea groups is 1. The molecule has 1 unspecified atom stereocenters. The summed E-state index contributed by atoms with van der Waals surface area (Å²) in [7, 11) is 0. The van der Waals surface area contributed by atoms with E-state index < -0.39 is 35.4 Å². The van der Waals surface area contributed by atoms with Gasteiger partial charge in [-0.3, -0.25) is 19.3 Å². The van der Waals surface area contributed by atoms with Crippen LogP contribution in [0.3, 0.4) is 0 Å². The molecule has 1 aliphatic rings. The number of carbonyl (C=O) groups is 4. The van der Waals surface area contributed by atoms with E-state index in [0.29, 0.717) is 0 Å². The van der Waals surface area contributed by atoms with Gasteiger partial charge in [0, 0.05) is 13.0 Å². The molecule has 1 fully saturated rings. The summed E-state index contributed by atoms with van der Waals surface area (Å²) in [6.45, 7) is 4.39. The second kappa shape index (κ2) is 5.25. The number of imide groups is 1. The Morgan fingerprint density at radius 2 is 2.00 bits per heavy atom. The van der Waals surface area contributed by atoms with Crippen LogP contribution in [0, 0.1) is 0 Å². The Balaban J connectivity index is 2.49. The third-order valence-corrected chi connectivity index (χ3v) is 2.75. The quantitative estimate of drug-likeness (QED) is 0.572. The van der Waals surface area contributed by atoms with Crippen molar-refractivity contribution in [1.29, 1.82) is 0 Å². The third-order valence-electron chi connectivity index (χ3n) is 2.75. The largest absolute Gasteiger partial charge is 0.480 e. The summed E-state index contributed by atoms with van der Waals surface area (Å²) in [5.41, 5.74) is -0.970. The number of carbonyl (C=O) groups excluding carboxylic acids is 3. The monoisotopic (exact) mass is 271 g/mol. The van der Waals surface area contributed by atoms with E-state index in [0.717, 1.165) is 4.90 Å². The Labute approximate surface area is 110 Å². The van der Waals surface area contributed by atoms with E-state index in [-0.39, 0.29) is 13.0 Å². The van der Waals surface area contributed by atoms with Crippen LogP contribution in [0.15, 0.2) is 0 Å². The Kier molecular flexibility index (Phi) is 4.13. The Morgan fingerprint density at radius 3 is 2.42 bits per heavy atom. The van der Waals surface area contributed by atoms with Crippen LogP contribution in [0.1, 0.15) is 27.2 Å². The van der Waals surface area contributed by atoms with E-state index in [1.54, 1.807) is 13.8 Å². The zero-order valence-corrected chi connectivity index (χ0v) is 11.0. The van der Waals surface area contributed by atoms with E-state index >= 15 is 0 Å². The molecule has 0 aromatic heterocycles. The molecule has 1 atom stereocenters. The molecule has 106 valence electrons. The second-order valence-corrected chi connectivity index (χ2v) is 4.89. The molecule has 1 aliphatic heterocycles. The number of hydrogen-bond acceptors (Lipinski definition) is 4. The molecule has 0 aromatic rings. The number of carboxylic acid groups (broad SMARTS) is 1. The van der Waals surface area contributed by atoms with Gasteiger partial charge in [-0.2, -0.15) is 0 Å². The van der Waals surface area contributed by atoms with E-state index in [2.05, 4.69) is 10.6 Å². The molecule has 4 amide bonds. The van der Waals surface area contributed by atoms with Crippen molar-refractivity contribution in [3.05, 3.63) is 0 Å². The molecule has 1 rings (SSSR count). The fourth-order valence-electron chi connectivity index (χ4n) is 1.61. The van der Waals surface area contributed by atoms with Crippen LogP contribution in [0.25, 0.3) is 0 Å². The predicted octanol–water partition coefficient (Wildman–Crippen LogP) is -0.704. The minimum Gasteiger partial charge on any atom is -0.480 e. The van der Waals surface area contributed by atoms with Crippen molar-refractivity contribution in [2.24, 2.45) is 0 Å². The first-order valence-corrected chi connectivity index (χ1v) is 5.81. The maximum absolute atomic E-state index is 11.8. The first-order valence-electron chi connectivity index (χ1n) is 5.81. The van der Waals surface area contributed by atoms with Gasteiger partial charge < -0.3 is 15.7 Å². The summed E-state index contributed by atoms with van der Waals surface area (Å²) < 4.78 is 0. The Hall–Kier alpha value is -2.12. The van der Waals surface area contributed by atoms with Gasteiger partial charge in [0.1, 0.15) is 11.6 Å². The number of rotatable bonds is 5. The zero-order chi connectivity index (χ0) is 14.8. The lowest BCUT2D eigenvalue weighted by atomic mass is 10.1. The molecule has 19 heavy (non-hydrogen) atoms. The predicted molar refractivity (Wildman–Crippen MR) is 64.2 cm³/mol. The highest BCUT2D eigenvalue weighted by Gasteiger charge is 2.43. The van der Waals surface area contributed by atoms with Crippen molar-refractivity contribution in [3.8, 4) is 0 Å². The van der Waals surface area contributed by atoms with E-state index in [4.69, 9.17) is 5.11 Å². The van der Waals surface area contributed by atoms with Crippen molar-refractivity contribution in [2.75, 3.05) is 6.54 Å². The number of aliphatic carboxylic acids is 1. The maximum Gasteiger partial charge on any atom is 0.325 e. The molecule has 0 radical (unpaired) electrons. The average molecular weight is 271 g/mol. The topological polar surface area (TPSA) is 116 Å². The van der Waals surface area contributed by atoms with Gasteiger partial charge in [-0.15, -0.1) is 0 Å². The van der Waals surface area contributed by atoms with Gasteiger partial charge >= 0.3 is 12.0 Å². The molecule has 0 aliphatic carbocycles. The minimum absolute atomic E-state index is 0.0771. The van der Waals surface area contributed by atoms with Gasteiger partial charge in [0.25, 0.3) is 5.91 Å². The zero-order valence-electron chi connectivity index (χ0n) is 11.0. The van der Waals surface area contributed by atoms with Gasteiger partial charge in [-0.1, -0.05) is 0 Å². The van der Waals surface area contributed by atoms with Gasteiger partial charge in [0.15, 0.2) is 0 Å². The van der Waals surface area contributed by atoms with Gasteiger partial charge in [0.2, 0.25) is 5.91 Å². The Bertz CT molecular complexity index is 432. The Morgan fingerprint density at radius 1 is 1.42 bits per heavy atom. The first kappa shape index (κ1) is 14.9. The number of nitrogens with zero attached hydrogens (tertiary/aromatic N) is 1. The van der Waals surface area contributed by atoms with Gasteiger partial charge in [0.05, 0.1) is 0 Å². The number of carboxylic acids is 1. The minimum atomic E-state index is -1.15. The van der Waals surface area contributed by atoms with Crippen molar-refractivity contribution in [2.45, 2.75) is 38.8 Å². The summed E-state index contributed by atoms with van der Waals surface area (Å²) >= 11 is 0. The van der Waals surface area contributed by atoms with Crippen LogP contribution in [0.5, 0.6) is 0 Å². The van der Waals surface area contributed by atoms with Gasteiger partial charge in [-0.05, 0) is 20.8 Å². The summed E-state index contributed by atoms with van der Waals surface area (Å²) in [5, 5.41) is 13.4. The summed E-state index contributed by atoms with van der Waals surface area (Å²) in [4.78, 5) is 46.2. The fraction of sp³-hybridized carbons (Fsp3) is 0.636. The molecule has 0 aromatic carbocycles. The number of hydrogen-bond donors (Lipinski definition) is 3. The lowest BCUT2D eigenvalue weighted by Crippen LogP contribution is -2.42. The molecular weight excluding hydrogens is 254 g/mol. The SMILES string of the molecule is CC(NC(=O)CCN1C(=O)NC(C)(C)C1=O)C(=O)O. The van der Waals surface area contributed by atoms with Crippen molar-refractivity contribution in [3.63, 3.8) is 0 Å². The molecule has 8 nitrogen and oxygen atoms in total. The van der Waals surface area contributed by atoms with Crippen LogP contribution in [-0.4, -0.2) is 51.9 Å². The van der Waals surface area contributed by atoms with Gasteiger partial charge in [-0.25, -0.2) is 4.79 Å². The van der Waals surface area contributed by atoms with Crippen molar-refractivity contribution < 1.29 is 24.3 Å². The average Bonchev–Trinajstić information content (AvgIpc) is 2.46. The van der Waals surface area contributed by atoms with Crippen molar-refractivity contribution in [1.82, 2.24) is 15.5 Å². The second-order valence-electron chi connectivity index (χ2n) is 4.89. The molecule has 8 heteroatoms. The molecule has 0 spiro atoms. The van der Waals surface area contributed by atoms with Crippen molar-refractivity contribution >= 4 is 23.8 Å². The highest BCUT2D eigenvalue weighted by molar-refractivity contribution is 6.06. The van der Waals surface area contributed by atoms with E-state index in [9.17, 15) is 19.2 Å². The number of nitrogens with one attached hydrogen (secondary N) is 2. The van der Waals surface area contributed by atoms with Crippen LogP contribution in [0.2, 0.25) is 0 Å². The summed E-state index contributed by atoms with van der Waals surface area (Å²) in [5.74, 6) is -2.08. The maximum atomic E-state index is 11.8. The van der Waals surface area contributed by atoms with E-state index in [1.807, 2.05) is 0 Å².